The predicted octanol–water partition coefficient (Wildman–Crippen LogP) is 6.35. The molecule has 0 fully saturated rings. The van der Waals surface area contributed by atoms with Gasteiger partial charge < -0.3 is 19.3 Å². The molecule has 0 unspecified atom stereocenters. The maximum absolute atomic E-state index is 13.8. The van der Waals surface area contributed by atoms with Crippen LogP contribution < -0.4 is 4.74 Å². The minimum atomic E-state index is -0.531. The van der Waals surface area contributed by atoms with E-state index < -0.39 is 5.60 Å². The first-order chi connectivity index (χ1) is 20.8. The van der Waals surface area contributed by atoms with E-state index >= 15 is 0 Å². The number of carbonyl (C=O) groups is 2. The molecular formula is C34H44N6O4. The third-order valence-corrected chi connectivity index (χ3v) is 7.35. The summed E-state index contributed by atoms with van der Waals surface area (Å²) in [6.45, 7) is 15.7. The molecule has 0 aliphatic rings. The van der Waals surface area contributed by atoms with Gasteiger partial charge in [-0.15, -0.1) is 0 Å². The van der Waals surface area contributed by atoms with Crippen molar-refractivity contribution >= 4 is 22.9 Å². The van der Waals surface area contributed by atoms with Crippen LogP contribution in [0.3, 0.4) is 0 Å². The molecular weight excluding hydrogens is 556 g/mol. The molecule has 10 heteroatoms. The first-order valence-electron chi connectivity index (χ1n) is 15.0. The van der Waals surface area contributed by atoms with Gasteiger partial charge in [0.25, 0.3) is 5.91 Å². The van der Waals surface area contributed by atoms with Crippen LogP contribution in [0.2, 0.25) is 0 Å². The van der Waals surface area contributed by atoms with Crippen LogP contribution in [0.4, 0.5) is 4.79 Å². The van der Waals surface area contributed by atoms with Gasteiger partial charge in [0.05, 0.1) is 18.3 Å². The lowest BCUT2D eigenvalue weighted by Crippen LogP contribution is -2.35. The zero-order chi connectivity index (χ0) is 32.2. The first-order valence-corrected chi connectivity index (χ1v) is 15.0. The van der Waals surface area contributed by atoms with Crippen molar-refractivity contribution in [2.45, 2.75) is 73.6 Å². The van der Waals surface area contributed by atoms with E-state index in [0.717, 1.165) is 45.6 Å². The summed E-state index contributed by atoms with van der Waals surface area (Å²) in [6, 6.07) is 11.7. The van der Waals surface area contributed by atoms with Gasteiger partial charge in [0, 0.05) is 55.9 Å². The molecule has 0 bridgehead atoms. The highest BCUT2D eigenvalue weighted by molar-refractivity contribution is 6.05. The predicted molar refractivity (Wildman–Crippen MR) is 172 cm³/mol. The second-order valence-electron chi connectivity index (χ2n) is 12.2. The first kappa shape index (κ1) is 32.4. The van der Waals surface area contributed by atoms with E-state index in [9.17, 15) is 9.59 Å². The molecule has 4 rings (SSSR count). The molecule has 0 saturated carbocycles. The number of carbonyl (C=O) groups excluding carboxylic acids is 2. The van der Waals surface area contributed by atoms with E-state index in [1.54, 1.807) is 23.9 Å². The molecule has 2 amide bonds. The van der Waals surface area contributed by atoms with Gasteiger partial charge in [-0.05, 0) is 90.8 Å². The molecule has 4 aromatic rings. The van der Waals surface area contributed by atoms with E-state index in [-0.39, 0.29) is 12.0 Å². The zero-order valence-corrected chi connectivity index (χ0v) is 27.4. The maximum Gasteiger partial charge on any atom is 0.410 e. The second kappa shape index (κ2) is 13.4. The van der Waals surface area contributed by atoms with Crippen LogP contribution in [0.15, 0.2) is 42.6 Å². The summed E-state index contributed by atoms with van der Waals surface area (Å²) >= 11 is 0. The topological polar surface area (TPSA) is 103 Å². The lowest BCUT2D eigenvalue weighted by molar-refractivity contribution is 0.0292. The molecule has 0 N–H and O–H groups in total. The molecule has 10 nitrogen and oxygen atoms in total. The summed E-state index contributed by atoms with van der Waals surface area (Å²) in [5.41, 5.74) is 5.33. The number of benzene rings is 2. The Hall–Kier alpha value is -4.47. The molecule has 0 atom stereocenters. The van der Waals surface area contributed by atoms with E-state index in [0.29, 0.717) is 43.2 Å². The van der Waals surface area contributed by atoms with Crippen molar-refractivity contribution in [1.29, 1.82) is 0 Å². The third kappa shape index (κ3) is 7.72. The minimum absolute atomic E-state index is 0.180. The van der Waals surface area contributed by atoms with Gasteiger partial charge in [-0.2, -0.15) is 5.10 Å². The SMILES string of the molecule is CCn1ncc(CN(C)C(=O)c2nc(-c3ccc(OCCCN(C)C(=O)OC(C)(C)C)c(C)c3)nc3ccc(C)cc23)c1C. The Morgan fingerprint density at radius 1 is 0.977 bits per heavy atom. The van der Waals surface area contributed by atoms with Crippen LogP contribution in [0, 0.1) is 20.8 Å². The van der Waals surface area contributed by atoms with Crippen LogP contribution in [0.5, 0.6) is 5.75 Å². The molecule has 0 aliphatic carbocycles. The van der Waals surface area contributed by atoms with Crippen molar-refractivity contribution in [3.8, 4) is 17.1 Å². The Labute approximate surface area is 260 Å². The number of fused-ring (bicyclic) bond motifs is 1. The van der Waals surface area contributed by atoms with E-state index in [1.165, 1.54) is 0 Å². The molecule has 2 aromatic heterocycles. The fourth-order valence-electron chi connectivity index (χ4n) is 4.87. The number of hydrogen-bond donors (Lipinski definition) is 0. The van der Waals surface area contributed by atoms with Gasteiger partial charge >= 0.3 is 6.09 Å². The van der Waals surface area contributed by atoms with Gasteiger partial charge in [0.2, 0.25) is 0 Å². The Kier molecular flexibility index (Phi) is 9.91. The smallest absolute Gasteiger partial charge is 0.410 e. The Morgan fingerprint density at radius 2 is 1.73 bits per heavy atom. The second-order valence-corrected chi connectivity index (χ2v) is 12.2. The quantitative estimate of drug-likeness (QED) is 0.196. The Balaban J connectivity index is 1.51. The van der Waals surface area contributed by atoms with Crippen LogP contribution in [0.1, 0.15) is 67.0 Å². The lowest BCUT2D eigenvalue weighted by Gasteiger charge is -2.24. The molecule has 234 valence electrons. The van der Waals surface area contributed by atoms with Crippen molar-refractivity contribution in [3.63, 3.8) is 0 Å². The number of ether oxygens (including phenoxy) is 2. The number of nitrogens with zero attached hydrogens (tertiary/aromatic N) is 6. The normalized spacial score (nSPS) is 11.5. The largest absolute Gasteiger partial charge is 0.493 e. The van der Waals surface area contributed by atoms with Gasteiger partial charge in [-0.3, -0.25) is 9.48 Å². The van der Waals surface area contributed by atoms with Crippen molar-refractivity contribution in [1.82, 2.24) is 29.5 Å². The summed E-state index contributed by atoms with van der Waals surface area (Å²) in [5, 5.41) is 5.14. The van der Waals surface area contributed by atoms with Gasteiger partial charge in [0.1, 0.15) is 17.0 Å². The average Bonchev–Trinajstić information content (AvgIpc) is 3.32. The standard InChI is InChI=1S/C34H44N6O4/c1-10-40-24(4)26(20-35-40)21-39(9)32(41)30-27-18-22(2)12-14-28(27)36-31(37-30)25-13-15-29(23(3)19-25)43-17-11-16-38(8)33(42)44-34(5,6)7/h12-15,18-20H,10-11,16-17,21H2,1-9H3. The molecule has 0 spiro atoms. The number of hydrogen-bond acceptors (Lipinski definition) is 7. The summed E-state index contributed by atoms with van der Waals surface area (Å²) in [7, 11) is 3.51. The summed E-state index contributed by atoms with van der Waals surface area (Å²) < 4.78 is 13.3. The van der Waals surface area contributed by atoms with Crippen LogP contribution in [0.25, 0.3) is 22.3 Å². The zero-order valence-electron chi connectivity index (χ0n) is 27.4. The van der Waals surface area contributed by atoms with Gasteiger partial charge in [-0.1, -0.05) is 11.6 Å². The number of rotatable bonds is 10. The lowest BCUT2D eigenvalue weighted by atomic mass is 10.1. The van der Waals surface area contributed by atoms with Crippen molar-refractivity contribution < 1.29 is 19.1 Å². The molecule has 0 radical (unpaired) electrons. The minimum Gasteiger partial charge on any atom is -0.493 e. The van der Waals surface area contributed by atoms with Crippen molar-refractivity contribution in [2.75, 3.05) is 27.2 Å². The molecule has 0 aliphatic heterocycles. The summed E-state index contributed by atoms with van der Waals surface area (Å²) in [6.07, 6.45) is 2.12. The summed E-state index contributed by atoms with van der Waals surface area (Å²) in [4.78, 5) is 38.9. The number of amides is 2. The van der Waals surface area contributed by atoms with Crippen molar-refractivity contribution in [2.24, 2.45) is 0 Å². The fraction of sp³-hybridized carbons (Fsp3) is 0.441. The monoisotopic (exact) mass is 600 g/mol. The van der Waals surface area contributed by atoms with E-state index in [1.807, 2.05) is 95.7 Å². The number of aromatic nitrogens is 4. The highest BCUT2D eigenvalue weighted by Gasteiger charge is 2.22. The highest BCUT2D eigenvalue weighted by Crippen LogP contribution is 2.28. The average molecular weight is 601 g/mol. The summed E-state index contributed by atoms with van der Waals surface area (Å²) in [5.74, 6) is 1.03. The molecule has 0 saturated heterocycles. The van der Waals surface area contributed by atoms with Crippen LogP contribution >= 0.6 is 0 Å². The van der Waals surface area contributed by atoms with Crippen LogP contribution in [-0.2, 0) is 17.8 Å². The van der Waals surface area contributed by atoms with Gasteiger partial charge in [0.15, 0.2) is 5.82 Å². The van der Waals surface area contributed by atoms with E-state index in [2.05, 4.69) is 5.10 Å². The Morgan fingerprint density at radius 3 is 2.39 bits per heavy atom. The molecule has 2 aromatic carbocycles. The van der Waals surface area contributed by atoms with Crippen molar-refractivity contribution in [3.05, 3.63) is 70.7 Å². The fourth-order valence-corrected chi connectivity index (χ4v) is 4.87. The van der Waals surface area contributed by atoms with Gasteiger partial charge in [-0.25, -0.2) is 14.8 Å². The number of aryl methyl sites for hydroxylation is 3. The molecule has 44 heavy (non-hydrogen) atoms. The van der Waals surface area contributed by atoms with E-state index in [4.69, 9.17) is 19.4 Å². The maximum atomic E-state index is 13.8. The Bertz CT molecular complexity index is 1660. The van der Waals surface area contributed by atoms with Crippen LogP contribution in [-0.4, -0.2) is 74.4 Å². The highest BCUT2D eigenvalue weighted by atomic mass is 16.6. The third-order valence-electron chi connectivity index (χ3n) is 7.35. The molecule has 2 heterocycles.